The van der Waals surface area contributed by atoms with Gasteiger partial charge in [0.2, 0.25) is 0 Å². The summed E-state index contributed by atoms with van der Waals surface area (Å²) in [6.07, 6.45) is 11.6. The monoisotopic (exact) mass is 286 g/mol. The van der Waals surface area contributed by atoms with Gasteiger partial charge >= 0.3 is 0 Å². The Morgan fingerprint density at radius 1 is 1.14 bits per heavy atom. The summed E-state index contributed by atoms with van der Waals surface area (Å²) in [6.45, 7) is 7.28. The Balaban J connectivity index is 1.79. The quantitative estimate of drug-likeness (QED) is 0.430. The maximum atomic E-state index is 5.49. The van der Waals surface area contributed by atoms with E-state index in [1.54, 1.807) is 6.08 Å². The fraction of sp³-hybridized carbons (Fsp3) is 0.600. The Morgan fingerprint density at radius 2 is 1.86 bits per heavy atom. The van der Waals surface area contributed by atoms with Crippen LogP contribution in [0.4, 0.5) is 0 Å². The number of ether oxygens (including phenoxy) is 1. The Kier molecular flexibility index (Phi) is 7.02. The van der Waals surface area contributed by atoms with Crippen LogP contribution in [0, 0.1) is 5.92 Å². The molecule has 1 aromatic carbocycles. The van der Waals surface area contributed by atoms with E-state index < -0.39 is 0 Å². The molecule has 1 nitrogen and oxygen atoms in total. The van der Waals surface area contributed by atoms with E-state index in [-0.39, 0.29) is 0 Å². The molecule has 0 aromatic heterocycles. The smallest absolute Gasteiger partial charge is 0.0721 e. The highest BCUT2D eigenvalue weighted by Crippen LogP contribution is 2.37. The molecule has 1 aromatic rings. The van der Waals surface area contributed by atoms with E-state index in [2.05, 4.69) is 37.8 Å². The fourth-order valence-electron chi connectivity index (χ4n) is 3.42. The zero-order chi connectivity index (χ0) is 14.9. The second-order valence-electron chi connectivity index (χ2n) is 6.41. The molecule has 21 heavy (non-hydrogen) atoms. The van der Waals surface area contributed by atoms with Crippen LogP contribution >= 0.6 is 0 Å². The molecule has 0 heterocycles. The van der Waals surface area contributed by atoms with Crippen LogP contribution in [0.3, 0.4) is 0 Å². The first-order chi connectivity index (χ1) is 10.3. The maximum Gasteiger partial charge on any atom is 0.0721 e. The lowest BCUT2D eigenvalue weighted by Gasteiger charge is -2.29. The minimum Gasteiger partial charge on any atom is -0.373 e. The van der Waals surface area contributed by atoms with Crippen LogP contribution in [0.25, 0.3) is 0 Å². The van der Waals surface area contributed by atoms with Crippen molar-refractivity contribution < 1.29 is 4.74 Å². The Labute approximate surface area is 130 Å². The normalized spacial score (nSPS) is 22.1. The SMILES string of the molecule is C=CCOCc1ccc([C@H]2CC[C@H](CCCC)CC2)cc1. The number of unbranched alkanes of at least 4 members (excludes halogenated alkanes) is 1. The minimum atomic E-state index is 0.628. The second kappa shape index (κ2) is 9.04. The van der Waals surface area contributed by atoms with Crippen LogP contribution in [-0.4, -0.2) is 6.61 Å². The summed E-state index contributed by atoms with van der Waals surface area (Å²) in [5.41, 5.74) is 2.79. The van der Waals surface area contributed by atoms with Crippen molar-refractivity contribution in [1.29, 1.82) is 0 Å². The molecule has 1 heteroatoms. The van der Waals surface area contributed by atoms with Gasteiger partial charge in [-0.15, -0.1) is 6.58 Å². The summed E-state index contributed by atoms with van der Waals surface area (Å²) in [5.74, 6) is 1.78. The van der Waals surface area contributed by atoms with Crippen LogP contribution in [0.1, 0.15) is 68.9 Å². The van der Waals surface area contributed by atoms with Gasteiger partial charge < -0.3 is 4.74 Å². The third-order valence-corrected chi connectivity index (χ3v) is 4.77. The van der Waals surface area contributed by atoms with Gasteiger partial charge in [0, 0.05) is 0 Å². The van der Waals surface area contributed by atoms with Crippen molar-refractivity contribution in [2.75, 3.05) is 6.61 Å². The van der Waals surface area contributed by atoms with Crippen LogP contribution in [0.5, 0.6) is 0 Å². The first kappa shape index (κ1) is 16.3. The van der Waals surface area contributed by atoms with E-state index >= 15 is 0 Å². The molecule has 1 fully saturated rings. The molecule has 2 rings (SSSR count). The van der Waals surface area contributed by atoms with E-state index in [0.717, 1.165) is 11.8 Å². The van der Waals surface area contributed by atoms with Crippen LogP contribution in [0.15, 0.2) is 36.9 Å². The van der Waals surface area contributed by atoms with Gasteiger partial charge in [0.05, 0.1) is 13.2 Å². The average Bonchev–Trinajstić information content (AvgIpc) is 2.54. The van der Waals surface area contributed by atoms with Crippen molar-refractivity contribution in [2.24, 2.45) is 5.92 Å². The van der Waals surface area contributed by atoms with E-state index in [1.165, 1.54) is 56.1 Å². The van der Waals surface area contributed by atoms with Gasteiger partial charge in [-0.25, -0.2) is 0 Å². The Hall–Kier alpha value is -1.08. The topological polar surface area (TPSA) is 9.23 Å². The maximum absolute atomic E-state index is 5.49. The number of benzene rings is 1. The zero-order valence-electron chi connectivity index (χ0n) is 13.5. The Morgan fingerprint density at radius 3 is 2.48 bits per heavy atom. The van der Waals surface area contributed by atoms with E-state index in [0.29, 0.717) is 13.2 Å². The lowest BCUT2D eigenvalue weighted by atomic mass is 9.77. The molecular weight excluding hydrogens is 256 g/mol. The van der Waals surface area contributed by atoms with Gasteiger partial charge in [-0.05, 0) is 48.6 Å². The summed E-state index contributed by atoms with van der Waals surface area (Å²) in [7, 11) is 0. The second-order valence-corrected chi connectivity index (χ2v) is 6.41. The lowest BCUT2D eigenvalue weighted by molar-refractivity contribution is 0.149. The number of hydrogen-bond donors (Lipinski definition) is 0. The molecule has 1 aliphatic rings. The van der Waals surface area contributed by atoms with Gasteiger partial charge in [-0.1, -0.05) is 56.5 Å². The van der Waals surface area contributed by atoms with Crippen molar-refractivity contribution in [3.63, 3.8) is 0 Å². The molecule has 1 saturated carbocycles. The predicted molar refractivity (Wildman–Crippen MR) is 90.5 cm³/mol. The van der Waals surface area contributed by atoms with Gasteiger partial charge in [0.25, 0.3) is 0 Å². The molecule has 0 atom stereocenters. The van der Waals surface area contributed by atoms with Gasteiger partial charge in [-0.3, -0.25) is 0 Å². The highest BCUT2D eigenvalue weighted by molar-refractivity contribution is 5.25. The largest absolute Gasteiger partial charge is 0.373 e. The molecule has 0 bridgehead atoms. The third kappa shape index (κ3) is 5.32. The lowest BCUT2D eigenvalue weighted by Crippen LogP contribution is -2.13. The molecule has 0 amide bonds. The van der Waals surface area contributed by atoms with Gasteiger partial charge in [0.15, 0.2) is 0 Å². The summed E-state index contributed by atoms with van der Waals surface area (Å²) in [4.78, 5) is 0. The molecule has 1 aliphatic carbocycles. The standard InChI is InChI=1S/C20H30O/c1-3-5-6-17-7-11-19(12-8-17)20-13-9-18(10-14-20)16-21-15-4-2/h4,9-10,13-14,17,19H,2-3,5-8,11-12,15-16H2,1H3/t17-,19-. The molecule has 0 aliphatic heterocycles. The molecule has 0 unspecified atom stereocenters. The average molecular weight is 286 g/mol. The minimum absolute atomic E-state index is 0.628. The predicted octanol–water partition coefficient (Wildman–Crippen LogP) is 5.85. The third-order valence-electron chi connectivity index (χ3n) is 4.77. The molecule has 0 N–H and O–H groups in total. The first-order valence-corrected chi connectivity index (χ1v) is 8.61. The van der Waals surface area contributed by atoms with Gasteiger partial charge in [0.1, 0.15) is 0 Å². The van der Waals surface area contributed by atoms with Crippen molar-refractivity contribution in [2.45, 2.75) is 64.4 Å². The van der Waals surface area contributed by atoms with Crippen molar-refractivity contribution in [1.82, 2.24) is 0 Å². The zero-order valence-corrected chi connectivity index (χ0v) is 13.5. The summed E-state index contributed by atoms with van der Waals surface area (Å²) in [5, 5.41) is 0. The molecule has 0 radical (unpaired) electrons. The molecule has 0 saturated heterocycles. The molecule has 0 spiro atoms. The van der Waals surface area contributed by atoms with Crippen LogP contribution in [-0.2, 0) is 11.3 Å². The summed E-state index contributed by atoms with van der Waals surface area (Å²) in [6, 6.07) is 9.07. The molecular formula is C20H30O. The first-order valence-electron chi connectivity index (χ1n) is 8.61. The van der Waals surface area contributed by atoms with E-state index in [9.17, 15) is 0 Å². The summed E-state index contributed by atoms with van der Waals surface area (Å²) < 4.78 is 5.49. The van der Waals surface area contributed by atoms with E-state index in [1.807, 2.05) is 0 Å². The highest BCUT2D eigenvalue weighted by atomic mass is 16.5. The van der Waals surface area contributed by atoms with Crippen LogP contribution < -0.4 is 0 Å². The Bertz CT molecular complexity index is 398. The fourth-order valence-corrected chi connectivity index (χ4v) is 3.42. The summed E-state index contributed by atoms with van der Waals surface area (Å²) >= 11 is 0. The number of rotatable bonds is 8. The number of hydrogen-bond acceptors (Lipinski definition) is 1. The molecule has 116 valence electrons. The highest BCUT2D eigenvalue weighted by Gasteiger charge is 2.21. The van der Waals surface area contributed by atoms with Crippen LogP contribution in [0.2, 0.25) is 0 Å². The van der Waals surface area contributed by atoms with Crippen molar-refractivity contribution in [3.05, 3.63) is 48.0 Å². The van der Waals surface area contributed by atoms with Crippen molar-refractivity contribution >= 4 is 0 Å². The van der Waals surface area contributed by atoms with Crippen molar-refractivity contribution in [3.8, 4) is 0 Å². The van der Waals surface area contributed by atoms with E-state index in [4.69, 9.17) is 4.74 Å². The van der Waals surface area contributed by atoms with Gasteiger partial charge in [-0.2, -0.15) is 0 Å².